The normalized spacial score (nSPS) is 21.0. The number of benzene rings is 1. The zero-order valence-electron chi connectivity index (χ0n) is 11.7. The van der Waals surface area contributed by atoms with Crippen LogP contribution in [0.4, 0.5) is 0 Å². The van der Waals surface area contributed by atoms with Crippen molar-refractivity contribution in [3.63, 3.8) is 0 Å². The van der Waals surface area contributed by atoms with Crippen molar-refractivity contribution in [1.29, 1.82) is 0 Å². The zero-order chi connectivity index (χ0) is 14.7. The van der Waals surface area contributed by atoms with Crippen LogP contribution in [-0.4, -0.2) is 35.2 Å². The molecule has 0 spiro atoms. The van der Waals surface area contributed by atoms with Crippen LogP contribution in [0, 0.1) is 0 Å². The van der Waals surface area contributed by atoms with Crippen molar-refractivity contribution in [2.45, 2.75) is 32.7 Å². The first kappa shape index (κ1) is 14.2. The molecule has 1 fully saturated rings. The van der Waals surface area contributed by atoms with Crippen molar-refractivity contribution in [2.24, 2.45) is 0 Å². The molecule has 0 aromatic heterocycles. The molecule has 1 aromatic carbocycles. The number of rotatable bonds is 1. The number of piperidine rings is 1. The summed E-state index contributed by atoms with van der Waals surface area (Å²) in [6.45, 7) is 4.61. The molecular weight excluding hydrogens is 256 g/mol. The molecule has 1 saturated heterocycles. The van der Waals surface area contributed by atoms with E-state index in [9.17, 15) is 14.4 Å². The van der Waals surface area contributed by atoms with Gasteiger partial charge in [0.1, 0.15) is 6.04 Å². The lowest BCUT2D eigenvalue weighted by atomic mass is 10.1. The van der Waals surface area contributed by atoms with Crippen LogP contribution in [-0.2, 0) is 4.79 Å². The van der Waals surface area contributed by atoms with Gasteiger partial charge in [0.2, 0.25) is 5.91 Å². The van der Waals surface area contributed by atoms with E-state index in [1.54, 1.807) is 24.3 Å². The van der Waals surface area contributed by atoms with E-state index < -0.39 is 6.04 Å². The van der Waals surface area contributed by atoms with Crippen molar-refractivity contribution < 1.29 is 14.4 Å². The van der Waals surface area contributed by atoms with Gasteiger partial charge in [-0.1, -0.05) is 26.0 Å². The van der Waals surface area contributed by atoms with Gasteiger partial charge >= 0.3 is 0 Å². The summed E-state index contributed by atoms with van der Waals surface area (Å²) in [6, 6.07) is 6.02. The second-order valence-electron chi connectivity index (χ2n) is 4.47. The third kappa shape index (κ3) is 2.19. The quantitative estimate of drug-likeness (QED) is 0.791. The highest BCUT2D eigenvalue weighted by Crippen LogP contribution is 2.26. The van der Waals surface area contributed by atoms with E-state index in [0.717, 1.165) is 11.3 Å². The van der Waals surface area contributed by atoms with Gasteiger partial charge in [-0.2, -0.15) is 0 Å². The van der Waals surface area contributed by atoms with Crippen molar-refractivity contribution in [3.05, 3.63) is 35.4 Å². The molecule has 3 rings (SSSR count). The minimum atomic E-state index is -0.661. The lowest BCUT2D eigenvalue weighted by Gasteiger charge is -2.28. The van der Waals surface area contributed by atoms with E-state index in [2.05, 4.69) is 5.32 Å². The van der Waals surface area contributed by atoms with Crippen LogP contribution in [0.25, 0.3) is 0 Å². The van der Waals surface area contributed by atoms with Gasteiger partial charge in [0.25, 0.3) is 11.8 Å². The maximum atomic E-state index is 12.2. The minimum absolute atomic E-state index is 0.240. The Balaban J connectivity index is 0.000000704. The average molecular weight is 274 g/mol. The van der Waals surface area contributed by atoms with Crippen molar-refractivity contribution >= 4 is 17.7 Å². The van der Waals surface area contributed by atoms with Crippen molar-refractivity contribution in [1.82, 2.24) is 10.2 Å². The van der Waals surface area contributed by atoms with Crippen LogP contribution in [0.5, 0.6) is 0 Å². The Kier molecular flexibility index (Phi) is 4.17. The fraction of sp³-hybridized carbons (Fsp3) is 0.400. The summed E-state index contributed by atoms with van der Waals surface area (Å²) < 4.78 is 0. The summed E-state index contributed by atoms with van der Waals surface area (Å²) in [5.41, 5.74) is 0.779. The summed E-state index contributed by atoms with van der Waals surface area (Å²) in [6.07, 6.45) is 1.32. The molecule has 1 unspecified atom stereocenters. The van der Waals surface area contributed by atoms with Gasteiger partial charge in [-0.3, -0.25) is 19.3 Å². The molecule has 2 aliphatic rings. The van der Waals surface area contributed by atoms with Gasteiger partial charge in [-0.25, -0.2) is 0 Å². The highest BCUT2D eigenvalue weighted by atomic mass is 16.2. The molecule has 2 heterocycles. The number of nitrogens with one attached hydrogen (secondary N) is 1. The summed E-state index contributed by atoms with van der Waals surface area (Å²) >= 11 is 0. The Bertz CT molecular complexity index is 519. The molecule has 0 aliphatic carbocycles. The lowest BCUT2D eigenvalue weighted by Crippen LogP contribution is -2.52. The molecule has 5 heteroatoms. The Morgan fingerprint density at radius 2 is 1.60 bits per heavy atom. The topological polar surface area (TPSA) is 66.5 Å². The molecule has 3 amide bonds. The number of hydrogen-bond acceptors (Lipinski definition) is 3. The highest BCUT2D eigenvalue weighted by molar-refractivity contribution is 6.22. The van der Waals surface area contributed by atoms with Gasteiger partial charge in [0.05, 0.1) is 11.1 Å². The maximum absolute atomic E-state index is 12.2. The molecule has 0 saturated carbocycles. The molecule has 0 radical (unpaired) electrons. The number of carbonyl (C=O) groups is 3. The molecular formula is C15H18N2O3. The predicted octanol–water partition coefficient (Wildman–Crippen LogP) is 1.59. The molecule has 0 bridgehead atoms. The van der Waals surface area contributed by atoms with E-state index in [1.807, 2.05) is 13.8 Å². The fourth-order valence-electron chi connectivity index (χ4n) is 2.49. The number of hydrogen-bond donors (Lipinski definition) is 1. The summed E-state index contributed by atoms with van der Waals surface area (Å²) in [7, 11) is 0. The average Bonchev–Trinajstić information content (AvgIpc) is 2.75. The van der Waals surface area contributed by atoms with Crippen LogP contribution < -0.4 is 5.32 Å². The smallest absolute Gasteiger partial charge is 0.262 e. The summed E-state index contributed by atoms with van der Waals surface area (Å²) in [5, 5.41) is 2.69. The Labute approximate surface area is 118 Å². The molecule has 1 atom stereocenters. The van der Waals surface area contributed by atoms with E-state index in [4.69, 9.17) is 0 Å². The Morgan fingerprint density at radius 3 is 2.10 bits per heavy atom. The molecule has 5 nitrogen and oxygen atoms in total. The van der Waals surface area contributed by atoms with Crippen LogP contribution in [0.1, 0.15) is 47.4 Å². The van der Waals surface area contributed by atoms with Gasteiger partial charge < -0.3 is 5.32 Å². The number of fused-ring (bicyclic) bond motifs is 1. The number of nitrogens with zero attached hydrogens (tertiary/aromatic N) is 1. The van der Waals surface area contributed by atoms with E-state index in [0.29, 0.717) is 24.1 Å². The van der Waals surface area contributed by atoms with Gasteiger partial charge in [0.15, 0.2) is 0 Å². The SMILES string of the molecule is CC.O=C1NCCCC1N1C(=O)c2ccccc2C1=O. The van der Waals surface area contributed by atoms with Crippen molar-refractivity contribution in [2.75, 3.05) is 6.54 Å². The maximum Gasteiger partial charge on any atom is 0.262 e. The van der Waals surface area contributed by atoms with Gasteiger partial charge in [-0.15, -0.1) is 0 Å². The lowest BCUT2D eigenvalue weighted by molar-refractivity contribution is -0.126. The Hall–Kier alpha value is -2.17. The monoisotopic (exact) mass is 274 g/mol. The molecule has 1 aromatic rings. The third-order valence-electron chi connectivity index (χ3n) is 3.39. The van der Waals surface area contributed by atoms with Crippen molar-refractivity contribution in [3.8, 4) is 0 Å². The fourth-order valence-corrected chi connectivity index (χ4v) is 2.49. The van der Waals surface area contributed by atoms with Crippen LogP contribution in [0.15, 0.2) is 24.3 Å². The second-order valence-corrected chi connectivity index (χ2v) is 4.47. The Morgan fingerprint density at radius 1 is 1.05 bits per heavy atom. The van der Waals surface area contributed by atoms with Gasteiger partial charge in [-0.05, 0) is 25.0 Å². The predicted molar refractivity (Wildman–Crippen MR) is 74.3 cm³/mol. The first-order valence-electron chi connectivity index (χ1n) is 6.95. The highest BCUT2D eigenvalue weighted by Gasteiger charge is 2.43. The summed E-state index contributed by atoms with van der Waals surface area (Å²) in [4.78, 5) is 37.2. The van der Waals surface area contributed by atoms with Gasteiger partial charge in [0, 0.05) is 6.54 Å². The van der Waals surface area contributed by atoms with Crippen LogP contribution >= 0.6 is 0 Å². The standard InChI is InChI=1S/C13H12N2O3.C2H6/c16-11-10(6-3-7-14-11)15-12(17)8-4-1-2-5-9(8)13(15)18;1-2/h1-2,4-5,10H,3,6-7H2,(H,14,16);1-2H3. The molecule has 1 N–H and O–H groups in total. The first-order chi connectivity index (χ1) is 9.70. The third-order valence-corrected chi connectivity index (χ3v) is 3.39. The van der Waals surface area contributed by atoms with E-state index in [1.165, 1.54) is 0 Å². The largest absolute Gasteiger partial charge is 0.354 e. The van der Waals surface area contributed by atoms with E-state index in [-0.39, 0.29) is 17.7 Å². The molecule has 106 valence electrons. The summed E-state index contributed by atoms with van der Waals surface area (Å²) in [5.74, 6) is -0.967. The number of amides is 3. The number of carbonyl (C=O) groups excluding carboxylic acids is 3. The molecule has 20 heavy (non-hydrogen) atoms. The minimum Gasteiger partial charge on any atom is -0.354 e. The van der Waals surface area contributed by atoms with Crippen LogP contribution in [0.3, 0.4) is 0 Å². The zero-order valence-corrected chi connectivity index (χ0v) is 11.7. The van der Waals surface area contributed by atoms with Crippen LogP contribution in [0.2, 0.25) is 0 Å². The number of imide groups is 1. The first-order valence-corrected chi connectivity index (χ1v) is 6.95. The molecule has 2 aliphatic heterocycles. The van der Waals surface area contributed by atoms with E-state index >= 15 is 0 Å². The second kappa shape index (κ2) is 5.86.